The van der Waals surface area contributed by atoms with Crippen LogP contribution >= 0.6 is 0 Å². The minimum absolute atomic E-state index is 0.0894. The van der Waals surface area contributed by atoms with Crippen LogP contribution < -0.4 is 0 Å². The van der Waals surface area contributed by atoms with Crippen molar-refractivity contribution in [2.45, 2.75) is 64.3 Å². The smallest absolute Gasteiger partial charge is 0.168 e. The summed E-state index contributed by atoms with van der Waals surface area (Å²) in [6.45, 7) is 2.19. The number of nitrogens with zero attached hydrogens (tertiary/aromatic N) is 2. The monoisotopic (exact) mass is 598 g/mol. The molecule has 6 rings (SSSR count). The molecule has 0 aromatic heterocycles. The summed E-state index contributed by atoms with van der Waals surface area (Å²) in [5.74, 6) is 0.0164. The molecule has 0 spiro atoms. The number of aliphatic hydroxyl groups is 2. The van der Waals surface area contributed by atoms with E-state index in [0.29, 0.717) is 73.9 Å². The number of allylic oxidation sites excluding steroid dienone is 4. The molecule has 0 radical (unpaired) electrons. The quantitative estimate of drug-likeness (QED) is 0.190. The Labute approximate surface area is 263 Å². The maximum Gasteiger partial charge on any atom is 0.168 e. The van der Waals surface area contributed by atoms with Gasteiger partial charge in [0.25, 0.3) is 0 Å². The first-order valence-electron chi connectivity index (χ1n) is 15.8. The van der Waals surface area contributed by atoms with Gasteiger partial charge in [0, 0.05) is 38.5 Å². The van der Waals surface area contributed by atoms with Gasteiger partial charge in [0.15, 0.2) is 11.6 Å². The largest absolute Gasteiger partial charge is 0.511 e. The van der Waals surface area contributed by atoms with Crippen LogP contribution in [-0.4, -0.2) is 45.8 Å². The Balaban J connectivity index is 1.37. The number of aliphatic imine (C=N–C) groups is 2. The molecule has 2 aliphatic carbocycles. The van der Waals surface area contributed by atoms with E-state index in [0.717, 1.165) is 32.7 Å². The third-order valence-electron chi connectivity index (χ3n) is 8.75. The maximum absolute atomic E-state index is 13.1. The van der Waals surface area contributed by atoms with Crippen molar-refractivity contribution in [3.63, 3.8) is 0 Å². The van der Waals surface area contributed by atoms with Crippen LogP contribution in [0, 0.1) is 0 Å². The fourth-order valence-corrected chi connectivity index (χ4v) is 6.53. The van der Waals surface area contributed by atoms with E-state index in [1.807, 2.05) is 55.5 Å². The molecule has 4 aromatic carbocycles. The summed E-state index contributed by atoms with van der Waals surface area (Å²) in [7, 11) is 0. The number of benzene rings is 4. The Morgan fingerprint density at radius 3 is 1.64 bits per heavy atom. The predicted molar refractivity (Wildman–Crippen MR) is 182 cm³/mol. The summed E-state index contributed by atoms with van der Waals surface area (Å²) >= 11 is 0. The van der Waals surface area contributed by atoms with Crippen molar-refractivity contribution in [1.29, 1.82) is 0 Å². The number of hydrogen-bond acceptors (Lipinski definition) is 6. The molecule has 6 nitrogen and oxygen atoms in total. The van der Waals surface area contributed by atoms with Crippen molar-refractivity contribution in [3.8, 4) is 0 Å². The first-order chi connectivity index (χ1) is 21.9. The number of carbonyl (C=O) groups is 2. The van der Waals surface area contributed by atoms with Crippen molar-refractivity contribution in [3.05, 3.63) is 119 Å². The lowest BCUT2D eigenvalue weighted by Gasteiger charge is -2.20. The predicted octanol–water partition coefficient (Wildman–Crippen LogP) is 8.18. The number of aliphatic hydroxyl groups excluding tert-OH is 2. The van der Waals surface area contributed by atoms with Crippen LogP contribution in [0.15, 0.2) is 118 Å². The van der Waals surface area contributed by atoms with Crippen LogP contribution in [0.3, 0.4) is 0 Å². The Morgan fingerprint density at radius 1 is 0.644 bits per heavy atom. The zero-order valence-corrected chi connectivity index (χ0v) is 25.6. The molecule has 4 aromatic rings. The van der Waals surface area contributed by atoms with Gasteiger partial charge < -0.3 is 10.2 Å². The van der Waals surface area contributed by atoms with Gasteiger partial charge in [-0.3, -0.25) is 19.6 Å². The highest BCUT2D eigenvalue weighted by Gasteiger charge is 2.27. The van der Waals surface area contributed by atoms with Crippen molar-refractivity contribution in [2.24, 2.45) is 9.98 Å². The fourth-order valence-electron chi connectivity index (χ4n) is 6.53. The molecule has 2 N–H and O–H groups in total. The third-order valence-corrected chi connectivity index (χ3v) is 8.75. The number of rotatable bonds is 9. The van der Waals surface area contributed by atoms with Gasteiger partial charge in [-0.15, -0.1) is 0 Å². The van der Waals surface area contributed by atoms with Crippen LogP contribution in [0.2, 0.25) is 0 Å². The fraction of sp³-hybridized carbons (Fsp3) is 0.282. The number of fused-ring (bicyclic) bond motifs is 2. The molecular formula is C39H38N2O4. The minimum Gasteiger partial charge on any atom is -0.511 e. The Morgan fingerprint density at radius 2 is 1.11 bits per heavy atom. The standard InChI is InChI=1S/C39H38N2O4/c1-25(41-33(39-36(44)20-9-21-37(39)45)23-29-15-7-13-27-11-3-5-17-31(27)29)24-40-32(38-34(42)18-8-19-35(38)43)22-28-14-6-12-26-10-2-4-16-30(26)28/h2-7,10-17,25,42,44H,8-9,18-24H2,1H3. The van der Waals surface area contributed by atoms with Gasteiger partial charge in [-0.1, -0.05) is 84.9 Å². The zero-order valence-electron chi connectivity index (χ0n) is 25.6. The number of Topliss-reactive ketones (excluding diaryl/α,β-unsaturated/α-hetero) is 2. The Bertz CT molecular complexity index is 1900. The topological polar surface area (TPSA) is 99.3 Å². The second-order valence-corrected chi connectivity index (χ2v) is 12.0. The average Bonchev–Trinajstić information content (AvgIpc) is 3.03. The molecule has 0 fully saturated rings. The minimum atomic E-state index is -0.353. The summed E-state index contributed by atoms with van der Waals surface area (Å²) in [6, 6.07) is 28.1. The molecule has 228 valence electrons. The summed E-state index contributed by atoms with van der Waals surface area (Å²) in [5.41, 5.74) is 3.82. The molecule has 1 unspecified atom stereocenters. The van der Waals surface area contributed by atoms with Crippen molar-refractivity contribution >= 4 is 44.5 Å². The highest BCUT2D eigenvalue weighted by atomic mass is 16.3. The van der Waals surface area contributed by atoms with Crippen molar-refractivity contribution in [1.82, 2.24) is 0 Å². The van der Waals surface area contributed by atoms with Crippen LogP contribution in [0.1, 0.15) is 56.6 Å². The lowest BCUT2D eigenvalue weighted by Crippen LogP contribution is -2.24. The molecule has 0 amide bonds. The number of carbonyl (C=O) groups excluding carboxylic acids is 2. The third kappa shape index (κ3) is 6.65. The molecule has 0 bridgehead atoms. The van der Waals surface area contributed by atoms with Crippen LogP contribution in [0.25, 0.3) is 21.5 Å². The molecule has 6 heteroatoms. The van der Waals surface area contributed by atoms with Crippen molar-refractivity contribution < 1.29 is 19.8 Å². The summed E-state index contributed by atoms with van der Waals surface area (Å²) in [6.07, 6.45) is 3.71. The maximum atomic E-state index is 13.1. The molecule has 0 saturated heterocycles. The highest BCUT2D eigenvalue weighted by Crippen LogP contribution is 2.28. The Hall–Kier alpha value is -4.84. The zero-order chi connectivity index (χ0) is 31.3. The molecule has 1 atom stereocenters. The first kappa shape index (κ1) is 30.2. The van der Waals surface area contributed by atoms with E-state index in [-0.39, 0.29) is 35.7 Å². The molecular weight excluding hydrogens is 560 g/mol. The van der Waals surface area contributed by atoms with E-state index < -0.39 is 0 Å². The summed E-state index contributed by atoms with van der Waals surface area (Å²) in [4.78, 5) is 36.2. The Kier molecular flexibility index (Phi) is 9.01. The van der Waals surface area contributed by atoms with Gasteiger partial charge in [-0.05, 0) is 52.4 Å². The van der Waals surface area contributed by atoms with Gasteiger partial charge >= 0.3 is 0 Å². The SMILES string of the molecule is CC(CN=C(Cc1cccc2ccccc12)C1=C(O)CCCC1=O)N=C(Cc1cccc2ccccc12)C1=C(O)CCCC1=O. The second-order valence-electron chi connectivity index (χ2n) is 12.0. The highest BCUT2D eigenvalue weighted by molar-refractivity contribution is 6.25. The van der Waals surface area contributed by atoms with Gasteiger partial charge in [0.2, 0.25) is 0 Å². The summed E-state index contributed by atoms with van der Waals surface area (Å²) in [5, 5.41) is 26.1. The first-order valence-corrected chi connectivity index (χ1v) is 15.8. The van der Waals surface area contributed by atoms with Gasteiger partial charge in [-0.25, -0.2) is 0 Å². The van der Waals surface area contributed by atoms with E-state index in [1.54, 1.807) is 0 Å². The lowest BCUT2D eigenvalue weighted by atomic mass is 9.88. The van der Waals surface area contributed by atoms with Crippen LogP contribution in [-0.2, 0) is 22.4 Å². The van der Waals surface area contributed by atoms with Gasteiger partial charge in [0.05, 0.1) is 35.2 Å². The van der Waals surface area contributed by atoms with Crippen molar-refractivity contribution in [2.75, 3.05) is 6.54 Å². The molecule has 0 saturated carbocycles. The molecule has 45 heavy (non-hydrogen) atoms. The van der Waals surface area contributed by atoms with Gasteiger partial charge in [-0.2, -0.15) is 0 Å². The average molecular weight is 599 g/mol. The van der Waals surface area contributed by atoms with E-state index in [1.165, 1.54) is 0 Å². The molecule has 0 aliphatic heterocycles. The van der Waals surface area contributed by atoms with E-state index in [2.05, 4.69) is 36.4 Å². The van der Waals surface area contributed by atoms with Crippen LogP contribution in [0.5, 0.6) is 0 Å². The van der Waals surface area contributed by atoms with E-state index in [4.69, 9.17) is 9.98 Å². The lowest BCUT2D eigenvalue weighted by molar-refractivity contribution is -0.116. The van der Waals surface area contributed by atoms with E-state index >= 15 is 0 Å². The second kappa shape index (κ2) is 13.4. The molecule has 2 aliphatic rings. The van der Waals surface area contributed by atoms with E-state index in [9.17, 15) is 19.8 Å². The summed E-state index contributed by atoms with van der Waals surface area (Å²) < 4.78 is 0. The van der Waals surface area contributed by atoms with Crippen LogP contribution in [0.4, 0.5) is 0 Å². The number of ketones is 2. The normalized spacial score (nSPS) is 17.4. The molecule has 0 heterocycles. The van der Waals surface area contributed by atoms with Gasteiger partial charge in [0.1, 0.15) is 11.5 Å². The number of hydrogen-bond donors (Lipinski definition) is 2.